The Hall–Kier alpha value is -2.52. The van der Waals surface area contributed by atoms with Gasteiger partial charge in [0.05, 0.1) is 24.5 Å². The van der Waals surface area contributed by atoms with Gasteiger partial charge in [-0.2, -0.15) is 0 Å². The van der Waals surface area contributed by atoms with Crippen molar-refractivity contribution in [2.24, 2.45) is 5.73 Å². The van der Waals surface area contributed by atoms with Crippen molar-refractivity contribution in [1.29, 1.82) is 0 Å². The molecule has 8 nitrogen and oxygen atoms in total. The zero-order valence-corrected chi connectivity index (χ0v) is 12.5. The summed E-state index contributed by atoms with van der Waals surface area (Å²) in [6, 6.07) is 1.91. The summed E-state index contributed by atoms with van der Waals surface area (Å²) in [6.07, 6.45) is 1.68. The van der Waals surface area contributed by atoms with Gasteiger partial charge in [0.15, 0.2) is 5.69 Å². The van der Waals surface area contributed by atoms with Crippen LogP contribution in [-0.2, 0) is 13.1 Å². The number of nitrogens with two attached hydrogens (primary N) is 1. The zero-order chi connectivity index (χ0) is 15.3. The molecular formula is C13H12N6O2S. The van der Waals surface area contributed by atoms with Gasteiger partial charge in [-0.05, 0) is 11.4 Å². The van der Waals surface area contributed by atoms with Crippen molar-refractivity contribution in [2.75, 3.05) is 7.05 Å². The first kappa shape index (κ1) is 13.2. The minimum absolute atomic E-state index is 0.00664. The summed E-state index contributed by atoms with van der Waals surface area (Å²) in [7, 11) is 1.76. The molecule has 0 fully saturated rings. The lowest BCUT2D eigenvalue weighted by Crippen LogP contribution is -2.24. The van der Waals surface area contributed by atoms with E-state index in [1.54, 1.807) is 18.3 Å². The van der Waals surface area contributed by atoms with Gasteiger partial charge in [0.25, 0.3) is 11.8 Å². The van der Waals surface area contributed by atoms with Gasteiger partial charge >= 0.3 is 0 Å². The fraction of sp³-hybridized carbons (Fsp3) is 0.231. The summed E-state index contributed by atoms with van der Waals surface area (Å²) >= 11 is 1.42. The molecule has 0 unspecified atom stereocenters. The van der Waals surface area contributed by atoms with Crippen LogP contribution in [0.15, 0.2) is 22.2 Å². The van der Waals surface area contributed by atoms with Gasteiger partial charge in [-0.1, -0.05) is 0 Å². The number of nitrogens with zero attached hydrogens (tertiary/aromatic N) is 5. The Labute approximate surface area is 129 Å². The molecule has 9 heteroatoms. The predicted octanol–water partition coefficient (Wildman–Crippen LogP) is 1.03. The van der Waals surface area contributed by atoms with E-state index in [9.17, 15) is 4.79 Å². The average molecular weight is 316 g/mol. The van der Waals surface area contributed by atoms with Crippen LogP contribution in [0.1, 0.15) is 21.3 Å². The van der Waals surface area contributed by atoms with Gasteiger partial charge in [-0.25, -0.2) is 4.98 Å². The Kier molecular flexibility index (Phi) is 2.84. The topological polar surface area (TPSA) is 103 Å². The number of carbonyl (C=O) groups is 1. The Bertz CT molecular complexity index is 864. The van der Waals surface area contributed by atoms with Gasteiger partial charge in [0.2, 0.25) is 5.89 Å². The van der Waals surface area contributed by atoms with E-state index < -0.39 is 0 Å². The molecule has 3 aromatic rings. The number of imidazole rings is 1. The molecule has 112 valence electrons. The molecule has 0 aromatic carbocycles. The zero-order valence-electron chi connectivity index (χ0n) is 11.7. The van der Waals surface area contributed by atoms with Gasteiger partial charge < -0.3 is 15.1 Å². The van der Waals surface area contributed by atoms with Crippen molar-refractivity contribution in [3.63, 3.8) is 0 Å². The van der Waals surface area contributed by atoms with Crippen molar-refractivity contribution < 1.29 is 9.21 Å². The molecule has 3 aromatic heterocycles. The normalized spacial score (nSPS) is 13.9. The monoisotopic (exact) mass is 316 g/mol. The fourth-order valence-electron chi connectivity index (χ4n) is 2.46. The highest BCUT2D eigenvalue weighted by atomic mass is 32.1. The summed E-state index contributed by atoms with van der Waals surface area (Å²) < 4.78 is 7.39. The van der Waals surface area contributed by atoms with E-state index in [0.717, 1.165) is 11.4 Å². The van der Waals surface area contributed by atoms with Crippen LogP contribution in [0.4, 0.5) is 0 Å². The van der Waals surface area contributed by atoms with Gasteiger partial charge in [0, 0.05) is 7.05 Å². The van der Waals surface area contributed by atoms with Crippen molar-refractivity contribution >= 4 is 17.2 Å². The highest BCUT2D eigenvalue weighted by Gasteiger charge is 2.29. The molecule has 4 rings (SSSR count). The Morgan fingerprint density at radius 3 is 3.09 bits per heavy atom. The lowest BCUT2D eigenvalue weighted by molar-refractivity contribution is 0.0792. The molecule has 0 saturated carbocycles. The predicted molar refractivity (Wildman–Crippen MR) is 78.4 cm³/mol. The number of amides is 1. The Balaban J connectivity index is 1.90. The molecule has 0 aliphatic carbocycles. The van der Waals surface area contributed by atoms with Crippen LogP contribution in [0.2, 0.25) is 0 Å². The maximum Gasteiger partial charge on any atom is 0.268 e. The number of rotatable bonds is 2. The minimum Gasteiger partial charge on any atom is -0.418 e. The Morgan fingerprint density at radius 1 is 1.45 bits per heavy atom. The average Bonchev–Trinajstić information content (AvgIpc) is 3.23. The molecule has 0 atom stereocenters. The van der Waals surface area contributed by atoms with E-state index >= 15 is 0 Å². The van der Waals surface area contributed by atoms with Crippen LogP contribution in [0, 0.1) is 0 Å². The number of thiophene rings is 1. The summed E-state index contributed by atoms with van der Waals surface area (Å²) in [5.41, 5.74) is 7.73. The van der Waals surface area contributed by atoms with Crippen LogP contribution in [0.5, 0.6) is 0 Å². The second-order valence-electron chi connectivity index (χ2n) is 4.91. The molecule has 1 aliphatic rings. The molecule has 0 saturated heterocycles. The number of fused-ring (bicyclic) bond motifs is 3. The Morgan fingerprint density at radius 2 is 2.32 bits per heavy atom. The highest BCUT2D eigenvalue weighted by molar-refractivity contribution is 7.12. The standard InChI is InChI=1S/C13H12N6O2S/c1-18-5-8-10(12-17-16-9(4-14)21-12)15-6-19(8)7-2-3-22-11(7)13(18)20/h2-3,6H,4-5,14H2,1H3. The third-order valence-electron chi connectivity index (χ3n) is 3.54. The van der Waals surface area contributed by atoms with Gasteiger partial charge in [-0.3, -0.25) is 9.36 Å². The van der Waals surface area contributed by atoms with Gasteiger partial charge in [-0.15, -0.1) is 21.5 Å². The first-order valence-corrected chi connectivity index (χ1v) is 7.49. The lowest BCUT2D eigenvalue weighted by atomic mass is 10.3. The van der Waals surface area contributed by atoms with E-state index in [4.69, 9.17) is 10.2 Å². The molecule has 0 bridgehead atoms. The summed E-state index contributed by atoms with van der Waals surface area (Å²) in [4.78, 5) is 19.1. The van der Waals surface area contributed by atoms with Crippen LogP contribution < -0.4 is 5.73 Å². The second kappa shape index (κ2) is 4.75. The maximum atomic E-state index is 12.4. The van der Waals surface area contributed by atoms with Crippen molar-refractivity contribution in [3.05, 3.63) is 34.2 Å². The van der Waals surface area contributed by atoms with Crippen LogP contribution in [0.25, 0.3) is 17.3 Å². The number of hydrogen-bond acceptors (Lipinski definition) is 7. The van der Waals surface area contributed by atoms with Crippen molar-refractivity contribution in [1.82, 2.24) is 24.6 Å². The quantitative estimate of drug-likeness (QED) is 0.757. The van der Waals surface area contributed by atoms with Crippen molar-refractivity contribution in [2.45, 2.75) is 13.1 Å². The first-order chi connectivity index (χ1) is 10.7. The number of hydrogen-bond donors (Lipinski definition) is 1. The third kappa shape index (κ3) is 1.79. The summed E-state index contributed by atoms with van der Waals surface area (Å²) in [5.74, 6) is 0.660. The molecule has 1 aliphatic heterocycles. The van der Waals surface area contributed by atoms with Crippen LogP contribution in [0.3, 0.4) is 0 Å². The molecule has 0 spiro atoms. The van der Waals surface area contributed by atoms with Crippen molar-refractivity contribution in [3.8, 4) is 17.3 Å². The molecule has 22 heavy (non-hydrogen) atoms. The molecular weight excluding hydrogens is 304 g/mol. The van der Waals surface area contributed by atoms with E-state index in [1.165, 1.54) is 11.3 Å². The van der Waals surface area contributed by atoms with Crippen LogP contribution >= 0.6 is 11.3 Å². The van der Waals surface area contributed by atoms with Crippen LogP contribution in [-0.4, -0.2) is 37.6 Å². The maximum absolute atomic E-state index is 12.4. The third-order valence-corrected chi connectivity index (χ3v) is 4.43. The van der Waals surface area contributed by atoms with E-state index in [0.29, 0.717) is 28.9 Å². The lowest BCUT2D eigenvalue weighted by Gasteiger charge is -2.13. The minimum atomic E-state index is -0.00664. The van der Waals surface area contributed by atoms with E-state index in [2.05, 4.69) is 15.2 Å². The fourth-order valence-corrected chi connectivity index (χ4v) is 3.34. The SMILES string of the molecule is CN1Cc2c(-c3nnc(CN)o3)ncn2-c2ccsc2C1=O. The molecule has 4 heterocycles. The molecule has 0 radical (unpaired) electrons. The molecule has 1 amide bonds. The first-order valence-electron chi connectivity index (χ1n) is 6.61. The van der Waals surface area contributed by atoms with Gasteiger partial charge in [0.1, 0.15) is 11.2 Å². The number of aromatic nitrogens is 4. The second-order valence-corrected chi connectivity index (χ2v) is 5.83. The smallest absolute Gasteiger partial charge is 0.268 e. The molecule has 2 N–H and O–H groups in total. The van der Waals surface area contributed by atoms with E-state index in [-0.39, 0.29) is 12.5 Å². The largest absolute Gasteiger partial charge is 0.418 e. The summed E-state index contributed by atoms with van der Waals surface area (Å²) in [5, 5.41) is 9.74. The highest BCUT2D eigenvalue weighted by Crippen LogP contribution is 2.32. The van der Waals surface area contributed by atoms with E-state index in [1.807, 2.05) is 16.0 Å². The number of carbonyl (C=O) groups excluding carboxylic acids is 1. The summed E-state index contributed by atoms with van der Waals surface area (Å²) in [6.45, 7) is 0.589.